The molecule has 3 aromatic carbocycles. The van der Waals surface area contributed by atoms with Crippen molar-refractivity contribution in [1.82, 2.24) is 45.0 Å². The Morgan fingerprint density at radius 2 is 1.28 bits per heavy atom. The fraction of sp³-hybridized carbons (Fsp3) is 0.409. The molecule has 8 rings (SSSR count). The molecule has 2 saturated heterocycles. The van der Waals surface area contributed by atoms with E-state index in [0.29, 0.717) is 24.7 Å². The Balaban J connectivity index is 0.00000224. The van der Waals surface area contributed by atoms with Gasteiger partial charge in [-0.1, -0.05) is 39.8 Å². The van der Waals surface area contributed by atoms with Gasteiger partial charge in [-0.15, -0.1) is 0 Å². The maximum atomic E-state index is 13.7. The maximum absolute atomic E-state index is 13.7. The van der Waals surface area contributed by atoms with E-state index in [0.717, 1.165) is 81.2 Å². The first-order valence-electron chi connectivity index (χ1n) is 20.5. The SMILES string of the molecule is COOC=N[C@H](C(=O)N1CCC[C@H]1c1nc2ccc(-c3ccc4nc(-c5ccc6nc([C@@H]7CCCN7C(=O)[C@@H](NC(=O)OC)C(C)C)[nH]c6c5)ncc4c3)cc2[nH]1)C(C)C.S.S.S.S. The van der Waals surface area contributed by atoms with Gasteiger partial charge in [0, 0.05) is 30.2 Å². The molecular weight excluding hydrogens is 893 g/mol. The third-order valence-corrected chi connectivity index (χ3v) is 11.5. The number of nitrogens with zero attached hydrogens (tertiary/aromatic N) is 7. The Kier molecular flexibility index (Phi) is 17.9. The summed E-state index contributed by atoms with van der Waals surface area (Å²) in [6, 6.07) is 16.5. The number of aromatic nitrogens is 6. The Bertz CT molecular complexity index is 2600. The number of likely N-dealkylation sites (tertiary alicyclic amines) is 2. The highest BCUT2D eigenvalue weighted by molar-refractivity contribution is 7.59. The van der Waals surface area contributed by atoms with Crippen molar-refractivity contribution in [1.29, 1.82) is 0 Å². The summed E-state index contributed by atoms with van der Waals surface area (Å²) in [6.07, 6.45) is 5.67. The van der Waals surface area contributed by atoms with Crippen molar-refractivity contribution >= 4 is 111 Å². The van der Waals surface area contributed by atoms with E-state index in [4.69, 9.17) is 29.6 Å². The lowest BCUT2D eigenvalue weighted by Crippen LogP contribution is -2.51. The first-order chi connectivity index (χ1) is 29.0. The minimum absolute atomic E-state index is 0. The van der Waals surface area contributed by atoms with Crippen molar-refractivity contribution in [3.63, 3.8) is 0 Å². The zero-order valence-electron chi connectivity index (χ0n) is 36.6. The number of amides is 3. The Hall–Kier alpha value is -5.02. The van der Waals surface area contributed by atoms with E-state index in [1.807, 2.05) is 69.1 Å². The predicted molar refractivity (Wildman–Crippen MR) is 268 cm³/mol. The molecule has 5 heterocycles. The summed E-state index contributed by atoms with van der Waals surface area (Å²) < 4.78 is 4.77. The lowest BCUT2D eigenvalue weighted by atomic mass is 10.0. The number of alkyl carbamates (subject to hydrolysis) is 1. The van der Waals surface area contributed by atoms with Crippen LogP contribution in [0, 0.1) is 11.8 Å². The minimum atomic E-state index is -0.705. The molecule has 64 heavy (non-hydrogen) atoms. The van der Waals surface area contributed by atoms with Crippen LogP contribution in [0.4, 0.5) is 4.79 Å². The van der Waals surface area contributed by atoms with Crippen molar-refractivity contribution in [2.24, 2.45) is 16.8 Å². The number of ether oxygens (including phenoxy) is 1. The zero-order valence-corrected chi connectivity index (χ0v) is 40.6. The molecule has 16 nitrogen and oxygen atoms in total. The highest BCUT2D eigenvalue weighted by Crippen LogP contribution is 2.36. The number of hydrogen-bond donors (Lipinski definition) is 3. The van der Waals surface area contributed by atoms with Crippen LogP contribution < -0.4 is 5.32 Å². The monoisotopic (exact) mass is 950 g/mol. The lowest BCUT2D eigenvalue weighted by molar-refractivity contribution is -0.188. The largest absolute Gasteiger partial charge is 0.453 e. The van der Waals surface area contributed by atoms with Gasteiger partial charge in [0.2, 0.25) is 18.2 Å². The number of fused-ring (bicyclic) bond motifs is 3. The number of hydrogen-bond acceptors (Lipinski definition) is 11. The van der Waals surface area contributed by atoms with E-state index >= 15 is 0 Å². The first kappa shape index (κ1) is 51.6. The van der Waals surface area contributed by atoms with Gasteiger partial charge in [-0.3, -0.25) is 9.59 Å². The predicted octanol–water partition coefficient (Wildman–Crippen LogP) is 7.51. The molecular formula is C44H58N10O6S4. The molecule has 2 aliphatic heterocycles. The first-order valence-corrected chi connectivity index (χ1v) is 20.5. The number of rotatable bonds is 12. The smallest absolute Gasteiger partial charge is 0.407 e. The van der Waals surface area contributed by atoms with Crippen LogP contribution in [0.3, 0.4) is 0 Å². The van der Waals surface area contributed by atoms with Gasteiger partial charge in [-0.05, 0) is 91.1 Å². The fourth-order valence-corrected chi connectivity index (χ4v) is 8.38. The third kappa shape index (κ3) is 10.6. The average Bonchev–Trinajstić information content (AvgIpc) is 4.08. The Labute approximate surface area is 399 Å². The molecule has 3 amide bonds. The van der Waals surface area contributed by atoms with Crippen molar-refractivity contribution in [2.75, 3.05) is 27.3 Å². The lowest BCUT2D eigenvalue weighted by Gasteiger charge is -2.29. The van der Waals surface area contributed by atoms with Crippen molar-refractivity contribution in [3.05, 3.63) is 72.4 Å². The van der Waals surface area contributed by atoms with Crippen LogP contribution in [0.15, 0.2) is 65.8 Å². The van der Waals surface area contributed by atoms with Crippen molar-refractivity contribution in [2.45, 2.75) is 77.5 Å². The van der Waals surface area contributed by atoms with Gasteiger partial charge in [0.1, 0.15) is 23.7 Å². The van der Waals surface area contributed by atoms with Gasteiger partial charge in [0.15, 0.2) is 5.82 Å². The van der Waals surface area contributed by atoms with Crippen LogP contribution in [0.25, 0.3) is 55.5 Å². The quantitative estimate of drug-likeness (QED) is 0.0479. The molecule has 0 saturated carbocycles. The molecule has 344 valence electrons. The highest BCUT2D eigenvalue weighted by Gasteiger charge is 2.38. The normalized spacial score (nSPS) is 16.9. The molecule has 3 N–H and O–H groups in total. The number of aromatic amines is 2. The van der Waals surface area contributed by atoms with E-state index < -0.39 is 18.2 Å². The number of benzene rings is 3. The molecule has 20 heteroatoms. The van der Waals surface area contributed by atoms with Gasteiger partial charge in [0.25, 0.3) is 0 Å². The summed E-state index contributed by atoms with van der Waals surface area (Å²) in [5, 5.41) is 3.60. The summed E-state index contributed by atoms with van der Waals surface area (Å²) >= 11 is 0. The topological polar surface area (TPSA) is 193 Å². The van der Waals surface area contributed by atoms with E-state index in [1.54, 1.807) is 4.90 Å². The minimum Gasteiger partial charge on any atom is -0.453 e. The van der Waals surface area contributed by atoms with Crippen LogP contribution in [0.5, 0.6) is 0 Å². The molecule has 6 aromatic rings. The second-order valence-corrected chi connectivity index (χ2v) is 16.1. The van der Waals surface area contributed by atoms with E-state index in [1.165, 1.54) is 20.6 Å². The Morgan fingerprint density at radius 3 is 1.84 bits per heavy atom. The molecule has 4 atom stereocenters. The highest BCUT2D eigenvalue weighted by atomic mass is 32.1. The van der Waals surface area contributed by atoms with Gasteiger partial charge in [-0.25, -0.2) is 29.7 Å². The number of nitrogens with one attached hydrogen (secondary N) is 3. The van der Waals surface area contributed by atoms with Crippen molar-refractivity contribution in [3.8, 4) is 22.5 Å². The summed E-state index contributed by atoms with van der Waals surface area (Å²) in [4.78, 5) is 83.2. The van der Waals surface area contributed by atoms with Gasteiger partial charge in [-0.2, -0.15) is 58.9 Å². The number of carbonyl (C=O) groups is 3. The standard InChI is InChI=1S/C44H50N10O6.4H2S/c1-24(2)37(46-23-60-59-6)42(55)53-17-7-9-35(53)40-48-31-15-12-27(20-33(31)50-40)26-11-14-30-29(19-26)22-45-39(47-30)28-13-16-32-34(21-28)51-41(49-32)36-10-8-18-54(36)43(56)38(25(3)4)52-44(57)58-5;;;;/h11-16,19-25,35-38H,7-10,17-18H2,1-6H3,(H,48,50)(H,49,51)(H,52,57);4*1H2/t35-,36-,37-,38-;;;;/m0..../s1. The van der Waals surface area contributed by atoms with E-state index in [9.17, 15) is 14.4 Å². The van der Waals surface area contributed by atoms with Crippen LogP contribution >= 0.6 is 54.0 Å². The molecule has 0 aliphatic carbocycles. The second kappa shape index (κ2) is 22.3. The molecule has 2 fully saturated rings. The van der Waals surface area contributed by atoms with Crippen LogP contribution in [0.2, 0.25) is 0 Å². The zero-order chi connectivity index (χ0) is 42.1. The molecule has 0 radical (unpaired) electrons. The summed E-state index contributed by atoms with van der Waals surface area (Å²) in [5.74, 6) is 1.70. The maximum Gasteiger partial charge on any atom is 0.407 e. The van der Waals surface area contributed by atoms with E-state index in [2.05, 4.69) is 49.4 Å². The summed E-state index contributed by atoms with van der Waals surface area (Å²) in [7, 11) is 2.68. The Morgan fingerprint density at radius 1 is 0.734 bits per heavy atom. The number of carbonyl (C=O) groups excluding carboxylic acids is 3. The van der Waals surface area contributed by atoms with Gasteiger partial charge >= 0.3 is 6.09 Å². The average molecular weight is 951 g/mol. The molecule has 0 unspecified atom stereocenters. The molecule has 3 aromatic heterocycles. The molecule has 0 spiro atoms. The fourth-order valence-electron chi connectivity index (χ4n) is 8.38. The van der Waals surface area contributed by atoms with E-state index in [-0.39, 0.29) is 89.7 Å². The summed E-state index contributed by atoms with van der Waals surface area (Å²) in [5.41, 5.74) is 6.98. The molecule has 2 aliphatic rings. The third-order valence-electron chi connectivity index (χ3n) is 11.5. The molecule has 0 bridgehead atoms. The van der Waals surface area contributed by atoms with Crippen LogP contribution in [-0.2, 0) is 24.1 Å². The number of imidazole rings is 2. The number of aliphatic imine (C=N–C) groups is 1. The van der Waals surface area contributed by atoms with Crippen LogP contribution in [-0.4, -0.2) is 103 Å². The number of H-pyrrole nitrogens is 2. The second-order valence-electron chi connectivity index (χ2n) is 16.1. The van der Waals surface area contributed by atoms with Gasteiger partial charge in [0.05, 0.1) is 53.9 Å². The van der Waals surface area contributed by atoms with Crippen LogP contribution in [0.1, 0.15) is 77.1 Å². The van der Waals surface area contributed by atoms with Gasteiger partial charge < -0.3 is 34.7 Å². The number of methoxy groups -OCH3 is 1. The summed E-state index contributed by atoms with van der Waals surface area (Å²) in [6.45, 7) is 8.94. The van der Waals surface area contributed by atoms with Crippen molar-refractivity contribution < 1.29 is 28.9 Å².